The summed E-state index contributed by atoms with van der Waals surface area (Å²) in [5.74, 6) is 0. The maximum Gasteiger partial charge on any atom is 0.205 e. The highest BCUT2D eigenvalue weighted by Crippen LogP contribution is 2.27. The quantitative estimate of drug-likeness (QED) is 0.804. The summed E-state index contributed by atoms with van der Waals surface area (Å²) in [6.07, 6.45) is -0.364. The molecule has 1 heterocycles. The minimum Gasteiger partial charge on any atom is -0.392 e. The maximum absolute atomic E-state index is 9.07. The van der Waals surface area contributed by atoms with Crippen LogP contribution in [0.15, 0.2) is 0 Å². The monoisotopic (exact) mass is 215 g/mol. The average Bonchev–Trinajstić information content (AvgIpc) is 2.47. The van der Waals surface area contributed by atoms with Gasteiger partial charge in [0.15, 0.2) is 0 Å². The van der Waals surface area contributed by atoms with Crippen molar-refractivity contribution in [1.82, 2.24) is 10.2 Å². The number of anilines is 1. The van der Waals surface area contributed by atoms with E-state index in [4.69, 9.17) is 5.11 Å². The summed E-state index contributed by atoms with van der Waals surface area (Å²) in [6.45, 7) is 8.56. The number of rotatable bonds is 3. The van der Waals surface area contributed by atoms with Crippen LogP contribution in [-0.4, -0.2) is 28.0 Å². The van der Waals surface area contributed by atoms with E-state index in [2.05, 4.69) is 36.3 Å². The third kappa shape index (κ3) is 3.23. The van der Waals surface area contributed by atoms with Crippen molar-refractivity contribution >= 4 is 16.5 Å². The van der Waals surface area contributed by atoms with Gasteiger partial charge in [-0.3, -0.25) is 0 Å². The molecular weight excluding hydrogens is 198 g/mol. The van der Waals surface area contributed by atoms with Gasteiger partial charge < -0.3 is 10.4 Å². The first kappa shape index (κ1) is 11.4. The normalized spacial score (nSPS) is 14.1. The highest BCUT2D eigenvalue weighted by Gasteiger charge is 2.19. The minimum absolute atomic E-state index is 0.0441. The molecule has 0 bridgehead atoms. The number of aliphatic hydroxyl groups is 1. The second-order valence-electron chi connectivity index (χ2n) is 4.39. The third-order valence-corrected chi connectivity index (χ3v) is 2.92. The Hall–Kier alpha value is -0.680. The summed E-state index contributed by atoms with van der Waals surface area (Å²) in [5, 5.41) is 22.0. The van der Waals surface area contributed by atoms with E-state index in [1.807, 2.05) is 0 Å². The third-order valence-electron chi connectivity index (χ3n) is 1.62. The van der Waals surface area contributed by atoms with Gasteiger partial charge in [0.2, 0.25) is 5.13 Å². The molecule has 0 spiro atoms. The summed E-state index contributed by atoms with van der Waals surface area (Å²) >= 11 is 1.54. The number of hydrogen-bond donors (Lipinski definition) is 2. The lowest BCUT2D eigenvalue weighted by atomic mass is 9.98. The van der Waals surface area contributed by atoms with Gasteiger partial charge in [-0.15, -0.1) is 10.2 Å². The van der Waals surface area contributed by atoms with Gasteiger partial charge in [-0.2, -0.15) is 0 Å². The molecule has 80 valence electrons. The van der Waals surface area contributed by atoms with Crippen LogP contribution in [0.1, 0.15) is 32.7 Å². The van der Waals surface area contributed by atoms with Crippen LogP contribution in [0, 0.1) is 0 Å². The molecule has 2 N–H and O–H groups in total. The fourth-order valence-electron chi connectivity index (χ4n) is 0.833. The van der Waals surface area contributed by atoms with Gasteiger partial charge in [0, 0.05) is 12.0 Å². The number of nitrogens with zero attached hydrogens (tertiary/aromatic N) is 2. The Balaban J connectivity index is 2.60. The van der Waals surface area contributed by atoms with Crippen molar-refractivity contribution in [3.8, 4) is 0 Å². The molecule has 5 heteroatoms. The highest BCUT2D eigenvalue weighted by molar-refractivity contribution is 7.15. The first-order chi connectivity index (χ1) is 6.39. The molecular formula is C9H17N3OS. The number of aromatic nitrogens is 2. The predicted octanol–water partition coefficient (Wildman–Crippen LogP) is 1.63. The Labute approximate surface area is 88.4 Å². The Morgan fingerprint density at radius 2 is 2.07 bits per heavy atom. The molecule has 1 atom stereocenters. The summed E-state index contributed by atoms with van der Waals surface area (Å²) in [7, 11) is 0. The second kappa shape index (κ2) is 4.23. The van der Waals surface area contributed by atoms with Crippen molar-refractivity contribution in [1.29, 1.82) is 0 Å². The lowest BCUT2D eigenvalue weighted by Crippen LogP contribution is -2.15. The average molecular weight is 215 g/mol. The molecule has 1 rings (SSSR count). The number of nitrogens with one attached hydrogen (secondary N) is 1. The van der Waals surface area contributed by atoms with Crippen LogP contribution in [0.3, 0.4) is 0 Å². The van der Waals surface area contributed by atoms with Crippen molar-refractivity contribution in [2.45, 2.75) is 39.2 Å². The van der Waals surface area contributed by atoms with Gasteiger partial charge in [-0.05, 0) is 6.92 Å². The van der Waals surface area contributed by atoms with Crippen molar-refractivity contribution in [2.24, 2.45) is 0 Å². The largest absolute Gasteiger partial charge is 0.392 e. The molecule has 1 aromatic heterocycles. The Morgan fingerprint density at radius 1 is 1.43 bits per heavy atom. The van der Waals surface area contributed by atoms with Gasteiger partial charge in [0.05, 0.1) is 6.10 Å². The fraction of sp³-hybridized carbons (Fsp3) is 0.778. The SMILES string of the molecule is C[C@@H](O)CNc1nnc(C(C)(C)C)s1. The van der Waals surface area contributed by atoms with E-state index in [-0.39, 0.29) is 11.5 Å². The van der Waals surface area contributed by atoms with E-state index < -0.39 is 0 Å². The van der Waals surface area contributed by atoms with E-state index in [1.54, 1.807) is 6.92 Å². The zero-order valence-electron chi connectivity index (χ0n) is 9.03. The Morgan fingerprint density at radius 3 is 2.50 bits per heavy atom. The minimum atomic E-state index is -0.364. The molecule has 0 unspecified atom stereocenters. The van der Waals surface area contributed by atoms with Crippen LogP contribution < -0.4 is 5.32 Å². The van der Waals surface area contributed by atoms with Crippen molar-refractivity contribution in [2.75, 3.05) is 11.9 Å². The van der Waals surface area contributed by atoms with Crippen LogP contribution >= 0.6 is 11.3 Å². The lowest BCUT2D eigenvalue weighted by molar-refractivity contribution is 0.208. The molecule has 0 aliphatic rings. The molecule has 0 radical (unpaired) electrons. The predicted molar refractivity (Wildman–Crippen MR) is 58.8 cm³/mol. The van der Waals surface area contributed by atoms with E-state index in [9.17, 15) is 0 Å². The lowest BCUT2D eigenvalue weighted by Gasteiger charge is -2.12. The van der Waals surface area contributed by atoms with E-state index in [1.165, 1.54) is 11.3 Å². The smallest absolute Gasteiger partial charge is 0.205 e. The second-order valence-corrected chi connectivity index (χ2v) is 5.37. The zero-order chi connectivity index (χ0) is 10.8. The molecule has 14 heavy (non-hydrogen) atoms. The van der Waals surface area contributed by atoms with Gasteiger partial charge in [-0.25, -0.2) is 0 Å². The molecule has 0 aliphatic heterocycles. The maximum atomic E-state index is 9.07. The Bertz CT molecular complexity index is 290. The van der Waals surface area contributed by atoms with E-state index in [0.29, 0.717) is 6.54 Å². The fourth-order valence-corrected chi connectivity index (χ4v) is 1.64. The van der Waals surface area contributed by atoms with Crippen molar-refractivity contribution in [3.05, 3.63) is 5.01 Å². The summed E-state index contributed by atoms with van der Waals surface area (Å²) < 4.78 is 0. The molecule has 0 aromatic carbocycles. The molecule has 0 aliphatic carbocycles. The molecule has 0 saturated carbocycles. The van der Waals surface area contributed by atoms with Gasteiger partial charge in [0.25, 0.3) is 0 Å². The molecule has 0 amide bonds. The van der Waals surface area contributed by atoms with Gasteiger partial charge in [-0.1, -0.05) is 32.1 Å². The standard InChI is InChI=1S/C9H17N3OS/c1-6(13)5-10-8-12-11-7(14-8)9(2,3)4/h6,13H,5H2,1-4H3,(H,10,12)/t6-/m1/s1. The van der Waals surface area contributed by atoms with E-state index in [0.717, 1.165) is 10.1 Å². The number of hydrogen-bond acceptors (Lipinski definition) is 5. The topological polar surface area (TPSA) is 58.0 Å². The number of aliphatic hydroxyl groups excluding tert-OH is 1. The highest BCUT2D eigenvalue weighted by atomic mass is 32.1. The van der Waals surface area contributed by atoms with Crippen molar-refractivity contribution in [3.63, 3.8) is 0 Å². The van der Waals surface area contributed by atoms with Crippen LogP contribution in [0.5, 0.6) is 0 Å². The van der Waals surface area contributed by atoms with E-state index >= 15 is 0 Å². The van der Waals surface area contributed by atoms with Gasteiger partial charge >= 0.3 is 0 Å². The first-order valence-electron chi connectivity index (χ1n) is 4.65. The first-order valence-corrected chi connectivity index (χ1v) is 5.47. The molecule has 4 nitrogen and oxygen atoms in total. The molecule has 0 saturated heterocycles. The van der Waals surface area contributed by atoms with Crippen LogP contribution in [0.25, 0.3) is 0 Å². The zero-order valence-corrected chi connectivity index (χ0v) is 9.85. The summed E-state index contributed by atoms with van der Waals surface area (Å²) in [6, 6.07) is 0. The molecule has 0 fully saturated rings. The van der Waals surface area contributed by atoms with Crippen LogP contribution in [0.2, 0.25) is 0 Å². The van der Waals surface area contributed by atoms with Crippen molar-refractivity contribution < 1.29 is 5.11 Å². The van der Waals surface area contributed by atoms with Gasteiger partial charge in [0.1, 0.15) is 5.01 Å². The summed E-state index contributed by atoms with van der Waals surface area (Å²) in [4.78, 5) is 0. The van der Waals surface area contributed by atoms with Crippen LogP contribution in [-0.2, 0) is 5.41 Å². The van der Waals surface area contributed by atoms with Crippen LogP contribution in [0.4, 0.5) is 5.13 Å². The molecule has 1 aromatic rings. The summed E-state index contributed by atoms with van der Waals surface area (Å²) in [5.41, 5.74) is 0.0441. The Kier molecular flexibility index (Phi) is 3.44.